The van der Waals surface area contributed by atoms with Crippen LogP contribution in [0.1, 0.15) is 20.9 Å². The van der Waals surface area contributed by atoms with Crippen molar-refractivity contribution in [1.29, 1.82) is 0 Å². The van der Waals surface area contributed by atoms with Crippen LogP contribution in [0.2, 0.25) is 0 Å². The number of rotatable bonds is 7. The predicted octanol–water partition coefficient (Wildman–Crippen LogP) is 2.26. The summed E-state index contributed by atoms with van der Waals surface area (Å²) >= 11 is 0. The molecule has 2 heterocycles. The van der Waals surface area contributed by atoms with Crippen molar-refractivity contribution in [2.75, 3.05) is 17.9 Å². The lowest BCUT2D eigenvalue weighted by Gasteiger charge is -2.12. The Hall–Kier alpha value is -4.48. The lowest BCUT2D eigenvalue weighted by molar-refractivity contribution is -0.383. The minimum atomic E-state index is -0.732. The zero-order chi connectivity index (χ0) is 20.8. The van der Waals surface area contributed by atoms with E-state index in [2.05, 4.69) is 26.1 Å². The van der Waals surface area contributed by atoms with E-state index < -0.39 is 22.5 Å². The van der Waals surface area contributed by atoms with Gasteiger partial charge in [-0.3, -0.25) is 25.8 Å². The Bertz CT molecular complexity index is 1050. The number of nitro groups is 1. The molecule has 12 heteroatoms. The molecule has 3 rings (SSSR count). The molecular weight excluding hydrogens is 384 g/mol. The Morgan fingerprint density at radius 3 is 2.59 bits per heavy atom. The maximum atomic E-state index is 11.9. The molecule has 29 heavy (non-hydrogen) atoms. The van der Waals surface area contributed by atoms with Gasteiger partial charge in [0, 0.05) is 0 Å². The van der Waals surface area contributed by atoms with Gasteiger partial charge in [-0.05, 0) is 24.3 Å². The minimum absolute atomic E-state index is 0.000405. The fraction of sp³-hybridized carbons (Fsp3) is 0.0588. The molecule has 0 radical (unpaired) electrons. The maximum absolute atomic E-state index is 11.9. The van der Waals surface area contributed by atoms with Gasteiger partial charge in [-0.25, -0.2) is 14.8 Å². The van der Waals surface area contributed by atoms with E-state index in [0.717, 1.165) is 6.33 Å². The molecule has 1 amide bonds. The van der Waals surface area contributed by atoms with Gasteiger partial charge in [0.1, 0.15) is 6.33 Å². The molecule has 0 bridgehead atoms. The van der Waals surface area contributed by atoms with Crippen LogP contribution >= 0.6 is 0 Å². The third-order valence-corrected chi connectivity index (χ3v) is 3.63. The van der Waals surface area contributed by atoms with Gasteiger partial charge in [-0.2, -0.15) is 0 Å². The van der Waals surface area contributed by atoms with Crippen LogP contribution in [0.3, 0.4) is 0 Å². The number of carbonyl (C=O) groups is 2. The Labute approximate surface area is 163 Å². The summed E-state index contributed by atoms with van der Waals surface area (Å²) in [6.07, 6.45) is 2.36. The first-order valence-electron chi connectivity index (χ1n) is 8.05. The number of carbonyl (C=O) groups excluding carboxylic acids is 2. The normalized spacial score (nSPS) is 10.1. The van der Waals surface area contributed by atoms with Crippen LogP contribution in [0.5, 0.6) is 0 Å². The molecule has 0 aliphatic carbocycles. The van der Waals surface area contributed by atoms with Crippen LogP contribution in [-0.4, -0.2) is 33.9 Å². The second kappa shape index (κ2) is 8.47. The average molecular weight is 398 g/mol. The van der Waals surface area contributed by atoms with Gasteiger partial charge < -0.3 is 14.5 Å². The standard InChI is InChI=1S/C17H14N6O6/c1-28-17(25)10-5-2-3-6-11(10)20-14-13(23(26)27)15(19-9-18-14)21-22-16(24)12-7-4-8-29-12/h2-9H,1H3,(H,22,24)(H2,18,19,20,21). The minimum Gasteiger partial charge on any atom is -0.465 e. The van der Waals surface area contributed by atoms with Crippen molar-refractivity contribution in [1.82, 2.24) is 15.4 Å². The fourth-order valence-electron chi connectivity index (χ4n) is 2.33. The van der Waals surface area contributed by atoms with Crippen molar-refractivity contribution in [3.05, 3.63) is 70.4 Å². The highest BCUT2D eigenvalue weighted by Crippen LogP contribution is 2.31. The zero-order valence-corrected chi connectivity index (χ0v) is 14.9. The highest BCUT2D eigenvalue weighted by Gasteiger charge is 2.25. The topological polar surface area (TPSA) is 162 Å². The number of hydrogen-bond acceptors (Lipinski definition) is 10. The highest BCUT2D eigenvalue weighted by atomic mass is 16.6. The van der Waals surface area contributed by atoms with Crippen molar-refractivity contribution >= 4 is 34.9 Å². The van der Waals surface area contributed by atoms with Crippen molar-refractivity contribution in [3.63, 3.8) is 0 Å². The Morgan fingerprint density at radius 2 is 1.90 bits per heavy atom. The summed E-state index contributed by atoms with van der Waals surface area (Å²) in [5, 5.41) is 14.3. The smallest absolute Gasteiger partial charge is 0.355 e. The predicted molar refractivity (Wildman–Crippen MR) is 99.5 cm³/mol. The van der Waals surface area contributed by atoms with Crippen LogP contribution in [-0.2, 0) is 4.74 Å². The number of methoxy groups -OCH3 is 1. The van der Waals surface area contributed by atoms with Gasteiger partial charge in [0.05, 0.1) is 29.5 Å². The number of furan rings is 1. The van der Waals surface area contributed by atoms with E-state index in [1.54, 1.807) is 12.1 Å². The summed E-state index contributed by atoms with van der Waals surface area (Å²) in [5.74, 6) is -1.76. The molecule has 0 saturated carbocycles. The fourth-order valence-corrected chi connectivity index (χ4v) is 2.33. The summed E-state index contributed by atoms with van der Waals surface area (Å²) in [4.78, 5) is 42.4. The Kier molecular flexibility index (Phi) is 5.64. The second-order valence-electron chi connectivity index (χ2n) is 5.40. The number of ether oxygens (including phenoxy) is 1. The van der Waals surface area contributed by atoms with Crippen LogP contribution < -0.4 is 16.2 Å². The van der Waals surface area contributed by atoms with Gasteiger partial charge in [0.25, 0.3) is 0 Å². The Balaban J connectivity index is 1.89. The molecule has 12 nitrogen and oxygen atoms in total. The molecule has 0 spiro atoms. The van der Waals surface area contributed by atoms with Crippen molar-refractivity contribution < 1.29 is 23.7 Å². The highest BCUT2D eigenvalue weighted by molar-refractivity contribution is 5.97. The van der Waals surface area contributed by atoms with Crippen LogP contribution in [0.4, 0.5) is 23.0 Å². The molecule has 0 fully saturated rings. The number of hydrogen-bond donors (Lipinski definition) is 3. The number of nitrogens with zero attached hydrogens (tertiary/aromatic N) is 3. The average Bonchev–Trinajstić information content (AvgIpc) is 3.26. The zero-order valence-electron chi connectivity index (χ0n) is 14.9. The van der Waals surface area contributed by atoms with E-state index in [1.807, 2.05) is 0 Å². The van der Waals surface area contributed by atoms with E-state index in [-0.39, 0.29) is 28.6 Å². The molecule has 0 aliphatic heterocycles. The van der Waals surface area contributed by atoms with Gasteiger partial charge in [0.15, 0.2) is 5.76 Å². The molecule has 3 aromatic rings. The van der Waals surface area contributed by atoms with Gasteiger partial charge in [-0.15, -0.1) is 0 Å². The number of nitrogens with one attached hydrogen (secondary N) is 3. The molecule has 0 aliphatic rings. The van der Waals surface area contributed by atoms with Gasteiger partial charge in [-0.1, -0.05) is 12.1 Å². The first-order valence-corrected chi connectivity index (χ1v) is 8.05. The first-order chi connectivity index (χ1) is 14.0. The van der Waals surface area contributed by atoms with Gasteiger partial charge >= 0.3 is 17.6 Å². The van der Waals surface area contributed by atoms with E-state index in [9.17, 15) is 19.7 Å². The van der Waals surface area contributed by atoms with Crippen LogP contribution in [0, 0.1) is 10.1 Å². The molecule has 148 valence electrons. The summed E-state index contributed by atoms with van der Waals surface area (Å²) in [6.45, 7) is 0. The van der Waals surface area contributed by atoms with Crippen molar-refractivity contribution in [3.8, 4) is 0 Å². The maximum Gasteiger partial charge on any atom is 0.355 e. The van der Waals surface area contributed by atoms with Crippen molar-refractivity contribution in [2.24, 2.45) is 0 Å². The lowest BCUT2D eigenvalue weighted by Crippen LogP contribution is -2.30. The van der Waals surface area contributed by atoms with Crippen LogP contribution in [0.25, 0.3) is 0 Å². The van der Waals surface area contributed by atoms with E-state index in [4.69, 9.17) is 9.15 Å². The molecule has 2 aromatic heterocycles. The summed E-state index contributed by atoms with van der Waals surface area (Å²) in [7, 11) is 1.22. The van der Waals surface area contributed by atoms with Gasteiger partial charge in [0.2, 0.25) is 11.6 Å². The number of amides is 1. The number of para-hydroxylation sites is 1. The third-order valence-electron chi connectivity index (χ3n) is 3.63. The lowest BCUT2D eigenvalue weighted by atomic mass is 10.2. The quantitative estimate of drug-likeness (QED) is 0.306. The summed E-state index contributed by atoms with van der Waals surface area (Å²) < 4.78 is 9.64. The molecule has 3 N–H and O–H groups in total. The van der Waals surface area contributed by atoms with E-state index in [0.29, 0.717) is 0 Å². The number of esters is 1. The Morgan fingerprint density at radius 1 is 1.14 bits per heavy atom. The van der Waals surface area contributed by atoms with E-state index in [1.165, 1.54) is 37.6 Å². The molecule has 0 saturated heterocycles. The second-order valence-corrected chi connectivity index (χ2v) is 5.40. The third kappa shape index (κ3) is 4.27. The molecule has 1 aromatic carbocycles. The SMILES string of the molecule is COC(=O)c1ccccc1Nc1ncnc(NNC(=O)c2ccco2)c1[N+](=O)[O-]. The van der Waals surface area contributed by atoms with Crippen LogP contribution in [0.15, 0.2) is 53.4 Å². The largest absolute Gasteiger partial charge is 0.465 e. The summed E-state index contributed by atoms with van der Waals surface area (Å²) in [5.41, 5.74) is 4.47. The number of anilines is 3. The monoisotopic (exact) mass is 398 g/mol. The number of hydrazine groups is 1. The molecular formula is C17H14N6O6. The molecule has 0 atom stereocenters. The van der Waals surface area contributed by atoms with Crippen molar-refractivity contribution in [2.45, 2.75) is 0 Å². The molecule has 0 unspecified atom stereocenters. The number of benzene rings is 1. The first kappa shape index (κ1) is 19.3. The van der Waals surface area contributed by atoms with E-state index >= 15 is 0 Å². The number of aromatic nitrogens is 2. The summed E-state index contributed by atoms with van der Waals surface area (Å²) in [6, 6.07) is 9.20.